The Morgan fingerprint density at radius 2 is 1.70 bits per heavy atom. The summed E-state index contributed by atoms with van der Waals surface area (Å²) >= 11 is 11.9. The number of ether oxygens (including phenoxy) is 1. The molecule has 0 saturated heterocycles. The Labute approximate surface area is 130 Å². The summed E-state index contributed by atoms with van der Waals surface area (Å²) in [6.45, 7) is 4.41. The maximum absolute atomic E-state index is 6.12. The largest absolute Gasteiger partial charge is 0.457 e. The maximum Gasteiger partial charge on any atom is 0.128 e. The molecular weight excluding hydrogens is 291 g/mol. The lowest BCUT2D eigenvalue weighted by atomic mass is 9.99. The number of alkyl halides is 1. The van der Waals surface area contributed by atoms with Crippen LogP contribution in [0.15, 0.2) is 42.5 Å². The van der Waals surface area contributed by atoms with Crippen LogP contribution in [0.1, 0.15) is 37.3 Å². The van der Waals surface area contributed by atoms with Gasteiger partial charge in [-0.2, -0.15) is 0 Å². The molecule has 1 nitrogen and oxygen atoms in total. The van der Waals surface area contributed by atoms with Gasteiger partial charge in [-0.1, -0.05) is 43.6 Å². The van der Waals surface area contributed by atoms with E-state index < -0.39 is 0 Å². The van der Waals surface area contributed by atoms with Gasteiger partial charge in [-0.05, 0) is 47.7 Å². The Morgan fingerprint density at radius 1 is 1.05 bits per heavy atom. The van der Waals surface area contributed by atoms with Crippen LogP contribution in [0.25, 0.3) is 0 Å². The van der Waals surface area contributed by atoms with Crippen molar-refractivity contribution in [1.29, 1.82) is 0 Å². The van der Waals surface area contributed by atoms with Crippen LogP contribution >= 0.6 is 23.2 Å². The van der Waals surface area contributed by atoms with Crippen LogP contribution in [0.4, 0.5) is 0 Å². The first-order valence-electron chi connectivity index (χ1n) is 6.76. The number of benzene rings is 2. The second-order valence-electron chi connectivity index (χ2n) is 4.87. The average Bonchev–Trinajstić information content (AvgIpc) is 2.47. The third-order valence-electron chi connectivity index (χ3n) is 3.47. The van der Waals surface area contributed by atoms with Crippen molar-refractivity contribution >= 4 is 23.2 Å². The van der Waals surface area contributed by atoms with Gasteiger partial charge in [-0.3, -0.25) is 0 Å². The van der Waals surface area contributed by atoms with Crippen LogP contribution in [-0.4, -0.2) is 0 Å². The summed E-state index contributed by atoms with van der Waals surface area (Å²) in [5.41, 5.74) is 2.24. The molecule has 0 radical (unpaired) electrons. The van der Waals surface area contributed by atoms with Crippen molar-refractivity contribution < 1.29 is 4.74 Å². The summed E-state index contributed by atoms with van der Waals surface area (Å²) in [7, 11) is 0. The highest BCUT2D eigenvalue weighted by atomic mass is 35.5. The Morgan fingerprint density at radius 3 is 2.25 bits per heavy atom. The van der Waals surface area contributed by atoms with E-state index in [1.807, 2.05) is 24.3 Å². The molecule has 0 heterocycles. The summed E-state index contributed by atoms with van der Waals surface area (Å²) < 4.78 is 5.80. The molecule has 1 atom stereocenters. The quantitative estimate of drug-likeness (QED) is 0.582. The highest BCUT2D eigenvalue weighted by molar-refractivity contribution is 6.32. The lowest BCUT2D eigenvalue weighted by molar-refractivity contribution is 0.482. The molecule has 0 spiro atoms. The molecule has 0 saturated carbocycles. The number of hydrogen-bond acceptors (Lipinski definition) is 1. The summed E-state index contributed by atoms with van der Waals surface area (Å²) in [4.78, 5) is 0. The van der Waals surface area contributed by atoms with Crippen molar-refractivity contribution in [2.24, 2.45) is 0 Å². The molecule has 0 aromatic heterocycles. The van der Waals surface area contributed by atoms with Crippen molar-refractivity contribution in [1.82, 2.24) is 0 Å². The van der Waals surface area contributed by atoms with Gasteiger partial charge < -0.3 is 4.74 Å². The first-order chi connectivity index (χ1) is 9.63. The van der Waals surface area contributed by atoms with E-state index in [0.717, 1.165) is 23.5 Å². The van der Waals surface area contributed by atoms with Crippen molar-refractivity contribution in [2.75, 3.05) is 0 Å². The fraction of sp³-hybridized carbons (Fsp3) is 0.294. The summed E-state index contributed by atoms with van der Waals surface area (Å²) in [5, 5.41) is 0.633. The third kappa shape index (κ3) is 3.68. The van der Waals surface area contributed by atoms with E-state index in [0.29, 0.717) is 16.8 Å². The van der Waals surface area contributed by atoms with Gasteiger partial charge in [0, 0.05) is 10.9 Å². The Bertz CT molecular complexity index is 564. The molecule has 2 aromatic carbocycles. The minimum atomic E-state index is 0.405. The fourth-order valence-corrected chi connectivity index (χ4v) is 2.47. The predicted octanol–water partition coefficient (Wildman–Crippen LogP) is 6.38. The molecule has 20 heavy (non-hydrogen) atoms. The lowest BCUT2D eigenvalue weighted by Gasteiger charge is -2.11. The van der Waals surface area contributed by atoms with Crippen LogP contribution in [0.3, 0.4) is 0 Å². The number of hydrogen-bond donors (Lipinski definition) is 0. The highest BCUT2D eigenvalue weighted by Gasteiger charge is 2.05. The minimum Gasteiger partial charge on any atom is -0.457 e. The monoisotopic (exact) mass is 308 g/mol. The average molecular weight is 309 g/mol. The zero-order valence-corrected chi connectivity index (χ0v) is 13.2. The Kier molecular flexibility index (Phi) is 5.33. The van der Waals surface area contributed by atoms with E-state index in [1.54, 1.807) is 6.07 Å². The van der Waals surface area contributed by atoms with E-state index in [9.17, 15) is 0 Å². The molecular formula is C17H18Cl2O. The van der Waals surface area contributed by atoms with Gasteiger partial charge in [0.1, 0.15) is 11.5 Å². The first-order valence-corrected chi connectivity index (χ1v) is 7.67. The molecule has 0 bridgehead atoms. The predicted molar refractivity (Wildman–Crippen MR) is 86.2 cm³/mol. The molecule has 106 valence electrons. The van der Waals surface area contributed by atoms with Gasteiger partial charge in [0.05, 0.1) is 0 Å². The zero-order chi connectivity index (χ0) is 14.5. The van der Waals surface area contributed by atoms with Gasteiger partial charge in [-0.15, -0.1) is 11.6 Å². The van der Waals surface area contributed by atoms with Crippen molar-refractivity contribution in [2.45, 2.75) is 32.1 Å². The minimum absolute atomic E-state index is 0.405. The molecule has 2 rings (SSSR count). The van der Waals surface area contributed by atoms with Crippen LogP contribution in [0.2, 0.25) is 5.02 Å². The van der Waals surface area contributed by atoms with Crippen molar-refractivity contribution in [3.63, 3.8) is 0 Å². The smallest absolute Gasteiger partial charge is 0.128 e. The summed E-state index contributed by atoms with van der Waals surface area (Å²) in [6, 6.07) is 13.8. The maximum atomic E-state index is 6.12. The summed E-state index contributed by atoms with van der Waals surface area (Å²) in [5.74, 6) is 2.51. The van der Waals surface area contributed by atoms with Crippen LogP contribution in [0, 0.1) is 0 Å². The standard InChI is InChI=1S/C17H18Cl2O/c1-3-12(2)13-4-7-15(8-5-13)20-16-9-6-14(11-18)17(19)10-16/h4-10,12H,3,11H2,1-2H3. The Balaban J connectivity index is 2.12. The first kappa shape index (κ1) is 15.2. The van der Waals surface area contributed by atoms with Gasteiger partial charge in [0.25, 0.3) is 0 Å². The van der Waals surface area contributed by atoms with Gasteiger partial charge in [-0.25, -0.2) is 0 Å². The molecule has 0 aliphatic carbocycles. The molecule has 0 aliphatic rings. The van der Waals surface area contributed by atoms with Crippen molar-refractivity contribution in [3.8, 4) is 11.5 Å². The van der Waals surface area contributed by atoms with Crippen molar-refractivity contribution in [3.05, 3.63) is 58.6 Å². The summed E-state index contributed by atoms with van der Waals surface area (Å²) in [6.07, 6.45) is 1.13. The molecule has 0 amide bonds. The van der Waals surface area contributed by atoms with Gasteiger partial charge in [0.15, 0.2) is 0 Å². The zero-order valence-electron chi connectivity index (χ0n) is 11.7. The molecule has 3 heteroatoms. The molecule has 0 aliphatic heterocycles. The molecule has 2 aromatic rings. The second-order valence-corrected chi connectivity index (χ2v) is 5.54. The molecule has 1 unspecified atom stereocenters. The van der Waals surface area contributed by atoms with Crippen LogP contribution in [0.5, 0.6) is 11.5 Å². The van der Waals surface area contributed by atoms with Crippen LogP contribution < -0.4 is 4.74 Å². The highest BCUT2D eigenvalue weighted by Crippen LogP contribution is 2.29. The fourth-order valence-electron chi connectivity index (χ4n) is 1.94. The van der Waals surface area contributed by atoms with Gasteiger partial charge >= 0.3 is 0 Å². The normalized spacial score (nSPS) is 12.2. The van der Waals surface area contributed by atoms with E-state index in [-0.39, 0.29) is 0 Å². The van der Waals surface area contributed by atoms with E-state index in [1.165, 1.54) is 5.56 Å². The topological polar surface area (TPSA) is 9.23 Å². The van der Waals surface area contributed by atoms with E-state index in [4.69, 9.17) is 27.9 Å². The SMILES string of the molecule is CCC(C)c1ccc(Oc2ccc(CCl)c(Cl)c2)cc1. The Hall–Kier alpha value is -1.18. The van der Waals surface area contributed by atoms with E-state index in [2.05, 4.69) is 26.0 Å². The van der Waals surface area contributed by atoms with E-state index >= 15 is 0 Å². The third-order valence-corrected chi connectivity index (χ3v) is 4.11. The number of rotatable bonds is 5. The lowest BCUT2D eigenvalue weighted by Crippen LogP contribution is -1.91. The van der Waals surface area contributed by atoms with Crippen LogP contribution in [-0.2, 0) is 5.88 Å². The van der Waals surface area contributed by atoms with Gasteiger partial charge in [0.2, 0.25) is 0 Å². The molecule has 0 N–H and O–H groups in total. The second kappa shape index (κ2) is 7.01. The number of halogens is 2. The molecule has 0 fully saturated rings.